The summed E-state index contributed by atoms with van der Waals surface area (Å²) < 4.78 is 2.20. The normalized spacial score (nSPS) is 12.0. The molecule has 0 fully saturated rings. The fourth-order valence-corrected chi connectivity index (χ4v) is 3.12. The topological polar surface area (TPSA) is 15.3 Å². The van der Waals surface area contributed by atoms with Crippen molar-refractivity contribution in [3.8, 4) is 0 Å². The van der Waals surface area contributed by atoms with Crippen LogP contribution in [-0.2, 0) is 0 Å². The summed E-state index contributed by atoms with van der Waals surface area (Å²) >= 11 is 7.11. The summed E-state index contributed by atoms with van der Waals surface area (Å²) in [5.41, 5.74) is 3.62. The molecule has 2 rings (SSSR count). The van der Waals surface area contributed by atoms with E-state index in [1.165, 1.54) is 11.3 Å². The monoisotopic (exact) mass is 410 g/mol. The SMILES string of the molecule is CCC(Nc1cc(Br)ccc1N(C)C)c1cccc(Br)c1. The summed E-state index contributed by atoms with van der Waals surface area (Å²) in [7, 11) is 4.13. The lowest BCUT2D eigenvalue weighted by atomic mass is 10.0. The number of hydrogen-bond donors (Lipinski definition) is 1. The zero-order chi connectivity index (χ0) is 15.4. The Morgan fingerprint density at radius 1 is 1.05 bits per heavy atom. The Balaban J connectivity index is 2.32. The minimum atomic E-state index is 0.288. The summed E-state index contributed by atoms with van der Waals surface area (Å²) in [5.74, 6) is 0. The molecule has 2 nitrogen and oxygen atoms in total. The van der Waals surface area contributed by atoms with Crippen molar-refractivity contribution in [3.63, 3.8) is 0 Å². The van der Waals surface area contributed by atoms with Crippen molar-refractivity contribution < 1.29 is 0 Å². The van der Waals surface area contributed by atoms with Crippen molar-refractivity contribution in [2.24, 2.45) is 0 Å². The maximum Gasteiger partial charge on any atom is 0.0597 e. The third-order valence-corrected chi connectivity index (χ3v) is 4.42. The maximum absolute atomic E-state index is 3.67. The van der Waals surface area contributed by atoms with Crippen molar-refractivity contribution >= 4 is 43.2 Å². The standard InChI is InChI=1S/C17H20Br2N2/c1-4-15(12-6-5-7-13(18)10-12)20-16-11-14(19)8-9-17(16)21(2)3/h5-11,15,20H,4H2,1-3H3. The van der Waals surface area contributed by atoms with Gasteiger partial charge in [0.05, 0.1) is 17.4 Å². The van der Waals surface area contributed by atoms with Crippen molar-refractivity contribution in [3.05, 3.63) is 57.0 Å². The molecule has 0 aliphatic heterocycles. The minimum Gasteiger partial charge on any atom is -0.377 e. The van der Waals surface area contributed by atoms with E-state index < -0.39 is 0 Å². The fourth-order valence-electron chi connectivity index (χ4n) is 2.35. The zero-order valence-electron chi connectivity index (χ0n) is 12.5. The van der Waals surface area contributed by atoms with Crippen LogP contribution in [0.1, 0.15) is 24.9 Å². The average molecular weight is 412 g/mol. The molecular weight excluding hydrogens is 392 g/mol. The summed E-state index contributed by atoms with van der Waals surface area (Å²) in [6.45, 7) is 2.20. The van der Waals surface area contributed by atoms with Gasteiger partial charge >= 0.3 is 0 Å². The highest BCUT2D eigenvalue weighted by Gasteiger charge is 2.13. The first kappa shape index (κ1) is 16.4. The van der Waals surface area contributed by atoms with Gasteiger partial charge in [-0.15, -0.1) is 0 Å². The number of halogens is 2. The molecule has 4 heteroatoms. The van der Waals surface area contributed by atoms with Gasteiger partial charge in [-0.2, -0.15) is 0 Å². The first-order valence-electron chi connectivity index (χ1n) is 7.00. The first-order chi connectivity index (χ1) is 10.0. The fraction of sp³-hybridized carbons (Fsp3) is 0.294. The minimum absolute atomic E-state index is 0.288. The second-order valence-electron chi connectivity index (χ2n) is 5.22. The van der Waals surface area contributed by atoms with Gasteiger partial charge in [0.1, 0.15) is 0 Å². The Morgan fingerprint density at radius 3 is 2.38 bits per heavy atom. The predicted octanol–water partition coefficient (Wildman–Crippen LogP) is 5.84. The van der Waals surface area contributed by atoms with Crippen LogP contribution in [0.5, 0.6) is 0 Å². The highest BCUT2D eigenvalue weighted by atomic mass is 79.9. The summed E-state index contributed by atoms with van der Waals surface area (Å²) in [5, 5.41) is 3.67. The highest BCUT2D eigenvalue weighted by molar-refractivity contribution is 9.10. The number of benzene rings is 2. The predicted molar refractivity (Wildman–Crippen MR) is 99.3 cm³/mol. The van der Waals surface area contributed by atoms with E-state index in [1.54, 1.807) is 0 Å². The largest absolute Gasteiger partial charge is 0.377 e. The molecule has 0 aliphatic carbocycles. The molecule has 1 unspecified atom stereocenters. The van der Waals surface area contributed by atoms with Crippen LogP contribution in [0.15, 0.2) is 51.4 Å². The second kappa shape index (κ2) is 7.32. The number of anilines is 2. The number of nitrogens with zero attached hydrogens (tertiary/aromatic N) is 1. The highest BCUT2D eigenvalue weighted by Crippen LogP contribution is 2.32. The van der Waals surface area contributed by atoms with Crippen LogP contribution in [-0.4, -0.2) is 14.1 Å². The van der Waals surface area contributed by atoms with Crippen LogP contribution in [0.2, 0.25) is 0 Å². The molecule has 0 amide bonds. The van der Waals surface area contributed by atoms with Gasteiger partial charge < -0.3 is 10.2 Å². The van der Waals surface area contributed by atoms with E-state index in [1.807, 2.05) is 0 Å². The Kier molecular flexibility index (Phi) is 5.71. The molecule has 0 aliphatic rings. The van der Waals surface area contributed by atoms with Crippen LogP contribution in [0.4, 0.5) is 11.4 Å². The van der Waals surface area contributed by atoms with Gasteiger partial charge in [0, 0.05) is 23.0 Å². The molecule has 0 spiro atoms. The van der Waals surface area contributed by atoms with E-state index in [-0.39, 0.29) is 6.04 Å². The van der Waals surface area contributed by atoms with E-state index in [0.717, 1.165) is 21.1 Å². The van der Waals surface area contributed by atoms with E-state index in [2.05, 4.69) is 106 Å². The van der Waals surface area contributed by atoms with Gasteiger partial charge in [-0.05, 0) is 42.3 Å². The van der Waals surface area contributed by atoms with Crippen LogP contribution >= 0.6 is 31.9 Å². The Labute approximate surface area is 143 Å². The van der Waals surface area contributed by atoms with Gasteiger partial charge in [-0.25, -0.2) is 0 Å². The van der Waals surface area contributed by atoms with Crippen LogP contribution in [0.25, 0.3) is 0 Å². The molecule has 0 aromatic heterocycles. The lowest BCUT2D eigenvalue weighted by molar-refractivity contribution is 0.748. The summed E-state index contributed by atoms with van der Waals surface area (Å²) in [6.07, 6.45) is 1.02. The molecule has 2 aromatic rings. The molecule has 0 bridgehead atoms. The van der Waals surface area contributed by atoms with Crippen LogP contribution in [0, 0.1) is 0 Å². The van der Waals surface area contributed by atoms with Crippen molar-refractivity contribution in [2.75, 3.05) is 24.3 Å². The van der Waals surface area contributed by atoms with Crippen molar-refractivity contribution in [1.82, 2.24) is 0 Å². The smallest absolute Gasteiger partial charge is 0.0597 e. The molecule has 0 saturated heterocycles. The molecule has 1 atom stereocenters. The third-order valence-electron chi connectivity index (χ3n) is 3.43. The van der Waals surface area contributed by atoms with Crippen molar-refractivity contribution in [1.29, 1.82) is 0 Å². The summed E-state index contributed by atoms with van der Waals surface area (Å²) in [4.78, 5) is 2.13. The van der Waals surface area contributed by atoms with E-state index in [0.29, 0.717) is 0 Å². The Morgan fingerprint density at radius 2 is 1.76 bits per heavy atom. The molecule has 0 saturated carbocycles. The first-order valence-corrected chi connectivity index (χ1v) is 8.58. The second-order valence-corrected chi connectivity index (χ2v) is 7.05. The van der Waals surface area contributed by atoms with Crippen LogP contribution in [0.3, 0.4) is 0 Å². The van der Waals surface area contributed by atoms with Gasteiger partial charge in [-0.3, -0.25) is 0 Å². The van der Waals surface area contributed by atoms with Crippen LogP contribution < -0.4 is 10.2 Å². The van der Waals surface area contributed by atoms with Crippen molar-refractivity contribution in [2.45, 2.75) is 19.4 Å². The molecule has 0 heterocycles. The third kappa shape index (κ3) is 4.24. The van der Waals surface area contributed by atoms with E-state index in [9.17, 15) is 0 Å². The lowest BCUT2D eigenvalue weighted by Gasteiger charge is -2.24. The summed E-state index contributed by atoms with van der Waals surface area (Å²) in [6, 6.07) is 15.1. The maximum atomic E-state index is 3.67. The zero-order valence-corrected chi connectivity index (χ0v) is 15.7. The molecule has 21 heavy (non-hydrogen) atoms. The van der Waals surface area contributed by atoms with E-state index >= 15 is 0 Å². The quantitative estimate of drug-likeness (QED) is 0.664. The molecule has 112 valence electrons. The molecular formula is C17H20Br2N2. The molecule has 0 radical (unpaired) electrons. The molecule has 1 N–H and O–H groups in total. The Bertz CT molecular complexity index is 611. The lowest BCUT2D eigenvalue weighted by Crippen LogP contribution is -2.15. The number of rotatable bonds is 5. The Hall–Kier alpha value is -1.00. The van der Waals surface area contributed by atoms with Gasteiger partial charge in [-0.1, -0.05) is 50.9 Å². The molecule has 2 aromatic carbocycles. The van der Waals surface area contributed by atoms with Gasteiger partial charge in [0.2, 0.25) is 0 Å². The van der Waals surface area contributed by atoms with E-state index in [4.69, 9.17) is 0 Å². The van der Waals surface area contributed by atoms with Gasteiger partial charge in [0.25, 0.3) is 0 Å². The van der Waals surface area contributed by atoms with Gasteiger partial charge in [0.15, 0.2) is 0 Å². The number of nitrogens with one attached hydrogen (secondary N) is 1. The number of hydrogen-bond acceptors (Lipinski definition) is 2. The average Bonchev–Trinajstić information content (AvgIpc) is 2.44.